The Morgan fingerprint density at radius 3 is 3.00 bits per heavy atom. The van der Waals surface area contributed by atoms with E-state index < -0.39 is 0 Å². The predicted octanol–water partition coefficient (Wildman–Crippen LogP) is 3.24. The van der Waals surface area contributed by atoms with E-state index in [1.54, 1.807) is 22.7 Å². The molecule has 2 nitrogen and oxygen atoms in total. The fraction of sp³-hybridized carbons (Fsp3) is 0.222. The lowest BCUT2D eigenvalue weighted by Gasteiger charge is -1.91. The summed E-state index contributed by atoms with van der Waals surface area (Å²) in [5, 5.41) is 6.25. The fourth-order valence-corrected chi connectivity index (χ4v) is 2.99. The van der Waals surface area contributed by atoms with Crippen LogP contribution in [0.15, 0.2) is 17.5 Å². The molecule has 0 saturated carbocycles. The molecule has 1 N–H and O–H groups in total. The highest BCUT2D eigenvalue weighted by Crippen LogP contribution is 2.31. The summed E-state index contributed by atoms with van der Waals surface area (Å²) in [6, 6.07) is 3.91. The molecule has 0 radical (unpaired) electrons. The first-order valence-electron chi connectivity index (χ1n) is 4.14. The van der Waals surface area contributed by atoms with Gasteiger partial charge in [-0.25, -0.2) is 4.98 Å². The van der Waals surface area contributed by atoms with Crippen molar-refractivity contribution in [2.75, 3.05) is 7.05 Å². The third-order valence-electron chi connectivity index (χ3n) is 1.71. The second-order valence-corrected chi connectivity index (χ2v) is 5.42. The molecule has 0 unspecified atom stereocenters. The van der Waals surface area contributed by atoms with E-state index in [-0.39, 0.29) is 0 Å². The van der Waals surface area contributed by atoms with Crippen LogP contribution in [0, 0.1) is 0 Å². The highest BCUT2D eigenvalue weighted by molar-refractivity contribution is 7.19. The number of aromatic nitrogens is 1. The van der Waals surface area contributed by atoms with E-state index in [1.807, 2.05) is 19.2 Å². The smallest absolute Gasteiger partial charge is 0.107 e. The van der Waals surface area contributed by atoms with E-state index in [1.165, 1.54) is 0 Å². The zero-order valence-corrected chi connectivity index (χ0v) is 9.97. The third kappa shape index (κ3) is 2.15. The number of nitrogens with one attached hydrogen (secondary N) is 1. The average molecular weight is 245 g/mol. The molecule has 0 amide bonds. The number of hydrogen-bond donors (Lipinski definition) is 1. The lowest BCUT2D eigenvalue weighted by Crippen LogP contribution is -2.04. The largest absolute Gasteiger partial charge is 0.314 e. The molecule has 0 aliphatic carbocycles. The Balaban J connectivity index is 2.24. The van der Waals surface area contributed by atoms with Crippen molar-refractivity contribution in [2.24, 2.45) is 0 Å². The van der Waals surface area contributed by atoms with Gasteiger partial charge in [-0.1, -0.05) is 11.6 Å². The van der Waals surface area contributed by atoms with Gasteiger partial charge in [0.25, 0.3) is 0 Å². The standard InChI is InChI=1S/C9H9ClN2S2/c1-11-4-9-12-6(5-13-9)7-2-3-8(10)14-7/h2-3,5,11H,4H2,1H3. The van der Waals surface area contributed by atoms with Crippen LogP contribution in [0.4, 0.5) is 0 Å². The highest BCUT2D eigenvalue weighted by Gasteiger charge is 2.05. The average Bonchev–Trinajstić information content (AvgIpc) is 2.74. The van der Waals surface area contributed by atoms with Gasteiger partial charge in [0.1, 0.15) is 5.01 Å². The lowest BCUT2D eigenvalue weighted by molar-refractivity contribution is 0.811. The zero-order valence-electron chi connectivity index (χ0n) is 7.58. The van der Waals surface area contributed by atoms with E-state index >= 15 is 0 Å². The van der Waals surface area contributed by atoms with Gasteiger partial charge in [-0.2, -0.15) is 0 Å². The van der Waals surface area contributed by atoms with Gasteiger partial charge in [0.15, 0.2) is 0 Å². The molecule has 74 valence electrons. The molecule has 0 atom stereocenters. The molecular formula is C9H9ClN2S2. The molecule has 0 spiro atoms. The molecule has 2 aromatic heterocycles. The maximum atomic E-state index is 5.86. The quantitative estimate of drug-likeness (QED) is 0.897. The third-order valence-corrected chi connectivity index (χ3v) is 3.81. The molecule has 0 fully saturated rings. The second-order valence-electron chi connectivity index (χ2n) is 2.76. The maximum absolute atomic E-state index is 5.86. The van der Waals surface area contributed by atoms with Gasteiger partial charge >= 0.3 is 0 Å². The molecule has 14 heavy (non-hydrogen) atoms. The van der Waals surface area contributed by atoms with E-state index in [0.29, 0.717) is 0 Å². The summed E-state index contributed by atoms with van der Waals surface area (Å²) in [6.07, 6.45) is 0. The normalized spacial score (nSPS) is 10.7. The Hall–Kier alpha value is -0.420. The number of thiophene rings is 1. The zero-order chi connectivity index (χ0) is 9.97. The van der Waals surface area contributed by atoms with Crippen molar-refractivity contribution >= 4 is 34.3 Å². The van der Waals surface area contributed by atoms with Gasteiger partial charge in [-0.05, 0) is 19.2 Å². The topological polar surface area (TPSA) is 24.9 Å². The number of hydrogen-bond acceptors (Lipinski definition) is 4. The first-order chi connectivity index (χ1) is 6.79. The number of thiazole rings is 1. The molecule has 0 saturated heterocycles. The summed E-state index contributed by atoms with van der Waals surface area (Å²) >= 11 is 9.09. The second kappa shape index (κ2) is 4.40. The first-order valence-corrected chi connectivity index (χ1v) is 6.21. The van der Waals surface area contributed by atoms with Crippen LogP contribution in [0.3, 0.4) is 0 Å². The molecule has 5 heteroatoms. The molecule has 2 heterocycles. The van der Waals surface area contributed by atoms with Crippen LogP contribution < -0.4 is 5.32 Å². The van der Waals surface area contributed by atoms with Crippen molar-refractivity contribution in [3.05, 3.63) is 26.9 Å². The number of nitrogens with zero attached hydrogens (tertiary/aromatic N) is 1. The molecule has 2 rings (SSSR count). The van der Waals surface area contributed by atoms with E-state index in [2.05, 4.69) is 15.7 Å². The molecule has 2 aromatic rings. The van der Waals surface area contributed by atoms with E-state index in [9.17, 15) is 0 Å². The Morgan fingerprint density at radius 1 is 1.50 bits per heavy atom. The summed E-state index contributed by atoms with van der Waals surface area (Å²) < 4.78 is 0.808. The van der Waals surface area contributed by atoms with Gasteiger partial charge in [0, 0.05) is 11.9 Å². The monoisotopic (exact) mass is 244 g/mol. The van der Waals surface area contributed by atoms with Crippen molar-refractivity contribution in [1.82, 2.24) is 10.3 Å². The van der Waals surface area contributed by atoms with Gasteiger partial charge in [0.05, 0.1) is 14.9 Å². The van der Waals surface area contributed by atoms with E-state index in [4.69, 9.17) is 11.6 Å². The van der Waals surface area contributed by atoms with Crippen molar-refractivity contribution in [1.29, 1.82) is 0 Å². The minimum absolute atomic E-state index is 0.808. The Labute approximate surface area is 95.6 Å². The van der Waals surface area contributed by atoms with E-state index in [0.717, 1.165) is 26.5 Å². The van der Waals surface area contributed by atoms with Gasteiger partial charge < -0.3 is 5.32 Å². The Kier molecular flexibility index (Phi) is 3.18. The van der Waals surface area contributed by atoms with Crippen LogP contribution in [0.5, 0.6) is 0 Å². The maximum Gasteiger partial charge on any atom is 0.107 e. The Bertz CT molecular complexity index is 422. The van der Waals surface area contributed by atoms with Crippen LogP contribution in [-0.2, 0) is 6.54 Å². The van der Waals surface area contributed by atoms with Crippen molar-refractivity contribution < 1.29 is 0 Å². The summed E-state index contributed by atoms with van der Waals surface area (Å²) in [5.41, 5.74) is 1.03. The summed E-state index contributed by atoms with van der Waals surface area (Å²) in [5.74, 6) is 0. The lowest BCUT2D eigenvalue weighted by atomic mass is 10.4. The van der Waals surface area contributed by atoms with Gasteiger partial charge in [-0.3, -0.25) is 0 Å². The minimum atomic E-state index is 0.808. The van der Waals surface area contributed by atoms with Crippen LogP contribution >= 0.6 is 34.3 Å². The molecule has 0 aromatic carbocycles. The van der Waals surface area contributed by atoms with Crippen molar-refractivity contribution in [3.63, 3.8) is 0 Å². The molecule has 0 aliphatic heterocycles. The van der Waals surface area contributed by atoms with Gasteiger partial charge in [-0.15, -0.1) is 22.7 Å². The van der Waals surface area contributed by atoms with Crippen molar-refractivity contribution in [3.8, 4) is 10.6 Å². The van der Waals surface area contributed by atoms with Crippen LogP contribution in [0.2, 0.25) is 4.34 Å². The summed E-state index contributed by atoms with van der Waals surface area (Å²) in [6.45, 7) is 0.823. The Morgan fingerprint density at radius 2 is 2.36 bits per heavy atom. The molecular weight excluding hydrogens is 236 g/mol. The highest BCUT2D eigenvalue weighted by atomic mass is 35.5. The SMILES string of the molecule is CNCc1nc(-c2ccc(Cl)s2)cs1. The summed E-state index contributed by atoms with van der Waals surface area (Å²) in [7, 11) is 1.92. The molecule has 0 aliphatic rings. The van der Waals surface area contributed by atoms with Crippen LogP contribution in [0.1, 0.15) is 5.01 Å². The minimum Gasteiger partial charge on any atom is -0.314 e. The molecule has 0 bridgehead atoms. The number of rotatable bonds is 3. The summed E-state index contributed by atoms with van der Waals surface area (Å²) in [4.78, 5) is 5.62. The van der Waals surface area contributed by atoms with Crippen LogP contribution in [0.25, 0.3) is 10.6 Å². The first kappa shape index (κ1) is 10.1. The fourth-order valence-electron chi connectivity index (χ4n) is 1.11. The number of halogens is 1. The van der Waals surface area contributed by atoms with Gasteiger partial charge in [0.2, 0.25) is 0 Å². The predicted molar refractivity (Wildman–Crippen MR) is 63.2 cm³/mol. The van der Waals surface area contributed by atoms with Crippen LogP contribution in [-0.4, -0.2) is 12.0 Å². The van der Waals surface area contributed by atoms with Crippen molar-refractivity contribution in [2.45, 2.75) is 6.54 Å².